The molecule has 0 bridgehead atoms. The van der Waals surface area contributed by atoms with E-state index in [2.05, 4.69) is 10.1 Å². The molecular formula is C20H25NO5. The van der Waals surface area contributed by atoms with Crippen LogP contribution < -0.4 is 10.1 Å². The van der Waals surface area contributed by atoms with E-state index >= 15 is 0 Å². The summed E-state index contributed by atoms with van der Waals surface area (Å²) in [7, 11) is 1.32. The van der Waals surface area contributed by atoms with Crippen LogP contribution in [-0.4, -0.2) is 25.6 Å². The van der Waals surface area contributed by atoms with Gasteiger partial charge in [0, 0.05) is 6.42 Å². The minimum absolute atomic E-state index is 0.0609. The highest BCUT2D eigenvalue weighted by molar-refractivity contribution is 5.90. The molecule has 1 heterocycles. The van der Waals surface area contributed by atoms with Crippen molar-refractivity contribution < 1.29 is 23.5 Å². The molecule has 0 radical (unpaired) electrons. The number of ether oxygens (including phenoxy) is 2. The highest BCUT2D eigenvalue weighted by Gasteiger charge is 2.15. The summed E-state index contributed by atoms with van der Waals surface area (Å²) >= 11 is 0. The van der Waals surface area contributed by atoms with Crippen molar-refractivity contribution in [3.63, 3.8) is 0 Å². The summed E-state index contributed by atoms with van der Waals surface area (Å²) in [6.45, 7) is 4.53. The van der Waals surface area contributed by atoms with Gasteiger partial charge in [0.25, 0.3) is 0 Å². The zero-order valence-electron chi connectivity index (χ0n) is 15.5. The molecule has 0 fully saturated rings. The van der Waals surface area contributed by atoms with Crippen LogP contribution in [0.1, 0.15) is 46.7 Å². The average molecular weight is 359 g/mol. The molecule has 0 spiro atoms. The van der Waals surface area contributed by atoms with Crippen molar-refractivity contribution in [1.82, 2.24) is 5.32 Å². The van der Waals surface area contributed by atoms with E-state index in [1.807, 2.05) is 31.2 Å². The van der Waals surface area contributed by atoms with E-state index in [4.69, 9.17) is 9.15 Å². The Bertz CT molecular complexity index is 750. The van der Waals surface area contributed by atoms with Gasteiger partial charge in [-0.25, -0.2) is 4.79 Å². The molecule has 1 aromatic heterocycles. The van der Waals surface area contributed by atoms with E-state index in [9.17, 15) is 9.59 Å². The Labute approximate surface area is 153 Å². The molecular weight excluding hydrogens is 334 g/mol. The Balaban J connectivity index is 1.64. The molecule has 2 rings (SSSR count). The van der Waals surface area contributed by atoms with Crippen LogP contribution in [0.3, 0.4) is 0 Å². The molecule has 26 heavy (non-hydrogen) atoms. The molecule has 1 aromatic carbocycles. The van der Waals surface area contributed by atoms with Crippen LogP contribution in [0.2, 0.25) is 0 Å². The van der Waals surface area contributed by atoms with Crippen LogP contribution in [0, 0.1) is 13.8 Å². The van der Waals surface area contributed by atoms with Crippen molar-refractivity contribution in [1.29, 1.82) is 0 Å². The van der Waals surface area contributed by atoms with Gasteiger partial charge < -0.3 is 19.2 Å². The molecule has 0 saturated heterocycles. The van der Waals surface area contributed by atoms with Crippen molar-refractivity contribution in [2.24, 2.45) is 0 Å². The maximum atomic E-state index is 11.9. The lowest BCUT2D eigenvalue weighted by Crippen LogP contribution is -2.22. The summed E-state index contributed by atoms with van der Waals surface area (Å²) in [5.41, 5.74) is 1.54. The van der Waals surface area contributed by atoms with Gasteiger partial charge in [0.05, 0.1) is 20.3 Å². The van der Waals surface area contributed by atoms with E-state index in [1.54, 1.807) is 13.0 Å². The van der Waals surface area contributed by atoms with E-state index in [0.717, 1.165) is 24.2 Å². The van der Waals surface area contributed by atoms with Crippen molar-refractivity contribution >= 4 is 11.9 Å². The van der Waals surface area contributed by atoms with Crippen LogP contribution in [0.15, 0.2) is 34.7 Å². The Morgan fingerprint density at radius 1 is 1.15 bits per heavy atom. The fourth-order valence-electron chi connectivity index (χ4n) is 2.50. The number of benzene rings is 1. The number of unbranched alkanes of at least 4 members (excludes halogenated alkanes) is 1. The van der Waals surface area contributed by atoms with E-state index in [-0.39, 0.29) is 12.5 Å². The van der Waals surface area contributed by atoms with Gasteiger partial charge in [-0.2, -0.15) is 0 Å². The molecule has 1 N–H and O–H groups in total. The van der Waals surface area contributed by atoms with Gasteiger partial charge in [-0.3, -0.25) is 4.79 Å². The number of nitrogens with one attached hydrogen (secondary N) is 1. The minimum Gasteiger partial charge on any atom is -0.494 e. The van der Waals surface area contributed by atoms with Gasteiger partial charge in [0.15, 0.2) is 0 Å². The number of rotatable bonds is 9. The fourth-order valence-corrected chi connectivity index (χ4v) is 2.50. The maximum absolute atomic E-state index is 11.9. The van der Waals surface area contributed by atoms with Gasteiger partial charge in [0.2, 0.25) is 5.91 Å². The number of esters is 1. The van der Waals surface area contributed by atoms with Crippen LogP contribution in [-0.2, 0) is 16.1 Å². The normalized spacial score (nSPS) is 10.4. The second kappa shape index (κ2) is 9.65. The van der Waals surface area contributed by atoms with Crippen LogP contribution in [0.4, 0.5) is 0 Å². The van der Waals surface area contributed by atoms with Gasteiger partial charge in [0.1, 0.15) is 22.8 Å². The molecule has 0 saturated carbocycles. The first-order chi connectivity index (χ1) is 12.5. The molecule has 0 aliphatic heterocycles. The zero-order valence-corrected chi connectivity index (χ0v) is 15.5. The molecule has 0 atom stereocenters. The monoisotopic (exact) mass is 359 g/mol. The molecule has 0 aliphatic rings. The molecule has 0 aliphatic carbocycles. The third kappa shape index (κ3) is 5.95. The van der Waals surface area contributed by atoms with Crippen molar-refractivity contribution in [2.45, 2.75) is 39.7 Å². The van der Waals surface area contributed by atoms with Crippen molar-refractivity contribution in [3.8, 4) is 5.75 Å². The third-order valence-corrected chi connectivity index (χ3v) is 3.89. The molecule has 6 heteroatoms. The van der Waals surface area contributed by atoms with E-state index in [1.165, 1.54) is 7.11 Å². The smallest absolute Gasteiger partial charge is 0.341 e. The van der Waals surface area contributed by atoms with E-state index < -0.39 is 5.97 Å². The standard InChI is InChI=1S/C20H25NO5/c1-14-7-6-8-16(11-14)25-10-5-4-9-19(22)21-13-17-12-18(15(2)26-17)20(23)24-3/h6-8,11-12H,4-5,9-10,13H2,1-3H3,(H,21,22). The highest BCUT2D eigenvalue weighted by Crippen LogP contribution is 2.16. The molecule has 140 valence electrons. The zero-order chi connectivity index (χ0) is 18.9. The number of furan rings is 1. The molecule has 0 unspecified atom stereocenters. The fraction of sp³-hybridized carbons (Fsp3) is 0.400. The summed E-state index contributed by atoms with van der Waals surface area (Å²) in [6.07, 6.45) is 1.96. The number of aryl methyl sites for hydroxylation is 2. The van der Waals surface area contributed by atoms with Gasteiger partial charge >= 0.3 is 5.97 Å². The number of hydrogen-bond acceptors (Lipinski definition) is 5. The summed E-state index contributed by atoms with van der Waals surface area (Å²) in [5.74, 6) is 1.35. The van der Waals surface area contributed by atoms with E-state index in [0.29, 0.717) is 30.1 Å². The summed E-state index contributed by atoms with van der Waals surface area (Å²) in [4.78, 5) is 23.4. The Morgan fingerprint density at radius 2 is 1.96 bits per heavy atom. The number of carbonyl (C=O) groups excluding carboxylic acids is 2. The molecule has 2 aromatic rings. The first kappa shape index (κ1) is 19.6. The lowest BCUT2D eigenvalue weighted by atomic mass is 10.2. The van der Waals surface area contributed by atoms with Gasteiger partial charge in [-0.1, -0.05) is 12.1 Å². The van der Waals surface area contributed by atoms with Crippen molar-refractivity contribution in [2.75, 3.05) is 13.7 Å². The Morgan fingerprint density at radius 3 is 2.69 bits per heavy atom. The predicted molar refractivity (Wildman–Crippen MR) is 97.2 cm³/mol. The van der Waals surface area contributed by atoms with Gasteiger partial charge in [-0.15, -0.1) is 0 Å². The lowest BCUT2D eigenvalue weighted by Gasteiger charge is -2.07. The summed E-state index contributed by atoms with van der Waals surface area (Å²) < 4.78 is 15.8. The quantitative estimate of drug-likeness (QED) is 0.547. The minimum atomic E-state index is -0.447. The largest absolute Gasteiger partial charge is 0.494 e. The second-order valence-electron chi connectivity index (χ2n) is 6.07. The first-order valence-corrected chi connectivity index (χ1v) is 8.63. The number of hydrogen-bond donors (Lipinski definition) is 1. The predicted octanol–water partition coefficient (Wildman–Crippen LogP) is 3.55. The van der Waals surface area contributed by atoms with Gasteiger partial charge in [-0.05, 0) is 50.5 Å². The number of amides is 1. The number of carbonyl (C=O) groups is 2. The topological polar surface area (TPSA) is 77.8 Å². The third-order valence-electron chi connectivity index (χ3n) is 3.89. The maximum Gasteiger partial charge on any atom is 0.341 e. The second-order valence-corrected chi connectivity index (χ2v) is 6.07. The number of methoxy groups -OCH3 is 1. The lowest BCUT2D eigenvalue weighted by molar-refractivity contribution is -0.121. The van der Waals surface area contributed by atoms with Crippen LogP contribution in [0.25, 0.3) is 0 Å². The first-order valence-electron chi connectivity index (χ1n) is 8.63. The van der Waals surface area contributed by atoms with Crippen LogP contribution in [0.5, 0.6) is 5.75 Å². The summed E-state index contributed by atoms with van der Waals surface area (Å²) in [5, 5.41) is 2.79. The molecule has 6 nitrogen and oxygen atoms in total. The Kier molecular flexibility index (Phi) is 7.26. The van der Waals surface area contributed by atoms with Crippen LogP contribution >= 0.6 is 0 Å². The average Bonchev–Trinajstić information content (AvgIpc) is 3.00. The highest BCUT2D eigenvalue weighted by atomic mass is 16.5. The molecule has 1 amide bonds. The Hall–Kier alpha value is -2.76. The van der Waals surface area contributed by atoms with Crippen molar-refractivity contribution in [3.05, 3.63) is 53.0 Å². The SMILES string of the molecule is COC(=O)c1cc(CNC(=O)CCCCOc2cccc(C)c2)oc1C. The summed E-state index contributed by atoms with van der Waals surface area (Å²) in [6, 6.07) is 9.48.